The molecular weight excluding hydrogens is 406 g/mol. The van der Waals surface area contributed by atoms with Gasteiger partial charge in [-0.2, -0.15) is 0 Å². The highest BCUT2D eigenvalue weighted by Gasteiger charge is 2.32. The van der Waals surface area contributed by atoms with Gasteiger partial charge in [-0.1, -0.05) is 0 Å². The van der Waals surface area contributed by atoms with Crippen LogP contribution in [0.3, 0.4) is 0 Å². The van der Waals surface area contributed by atoms with Gasteiger partial charge in [-0.3, -0.25) is 0 Å². The smallest absolute Gasteiger partial charge is 0.129 e. The van der Waals surface area contributed by atoms with Crippen LogP contribution in [-0.2, 0) is 6.42 Å². The molecule has 168 valence electrons. The number of hydrogen-bond donors (Lipinski definition) is 3. The molecule has 3 N–H and O–H groups in total. The number of halogens is 2. The van der Waals surface area contributed by atoms with Crippen LogP contribution in [0.4, 0.5) is 8.78 Å². The molecule has 7 heteroatoms. The molecule has 0 amide bonds. The molecule has 2 heterocycles. The van der Waals surface area contributed by atoms with E-state index in [-0.39, 0.29) is 12.2 Å². The van der Waals surface area contributed by atoms with Crippen LogP contribution in [0, 0.1) is 18.6 Å². The minimum Gasteiger partial charge on any atom is -0.487 e. The lowest BCUT2D eigenvalue weighted by Gasteiger charge is -2.33. The van der Waals surface area contributed by atoms with Gasteiger partial charge in [-0.25, -0.2) is 8.78 Å². The van der Waals surface area contributed by atoms with E-state index in [1.165, 1.54) is 24.3 Å². The molecule has 5 nitrogen and oxygen atoms in total. The molecule has 0 fully saturated rings. The second-order valence-corrected chi connectivity index (χ2v) is 8.56. The fourth-order valence-electron chi connectivity index (χ4n) is 4.41. The molecule has 0 saturated carbocycles. The van der Waals surface area contributed by atoms with E-state index in [2.05, 4.69) is 0 Å². The van der Waals surface area contributed by atoms with Gasteiger partial charge in [0.15, 0.2) is 0 Å². The summed E-state index contributed by atoms with van der Waals surface area (Å²) in [5.74, 6) is 0.0925. The van der Waals surface area contributed by atoms with E-state index in [4.69, 9.17) is 9.47 Å². The van der Waals surface area contributed by atoms with E-state index in [0.29, 0.717) is 54.7 Å². The maximum atomic E-state index is 13.8. The molecule has 31 heavy (non-hydrogen) atoms. The average molecular weight is 434 g/mol. The highest BCUT2D eigenvalue weighted by atomic mass is 19.1. The van der Waals surface area contributed by atoms with Gasteiger partial charge in [0.2, 0.25) is 0 Å². The predicted octanol–water partition coefficient (Wildman–Crippen LogP) is 3.74. The maximum absolute atomic E-state index is 13.8. The quantitative estimate of drug-likeness (QED) is 0.646. The first-order valence-corrected chi connectivity index (χ1v) is 10.8. The number of benzene rings is 2. The number of aryl methyl sites for hydroxylation is 2. The Hall–Kier alpha value is -2.22. The summed E-state index contributed by atoms with van der Waals surface area (Å²) in [6.45, 7) is 1.72. The van der Waals surface area contributed by atoms with Crippen molar-refractivity contribution in [3.8, 4) is 11.5 Å². The highest BCUT2D eigenvalue weighted by molar-refractivity contribution is 5.40. The summed E-state index contributed by atoms with van der Waals surface area (Å²) < 4.78 is 38.8. The van der Waals surface area contributed by atoms with Gasteiger partial charge in [0.05, 0.1) is 18.3 Å². The van der Waals surface area contributed by atoms with Crippen molar-refractivity contribution in [1.82, 2.24) is 0 Å². The summed E-state index contributed by atoms with van der Waals surface area (Å²) in [5, 5.41) is 31.3. The number of aliphatic hydroxyl groups excluding tert-OH is 3. The van der Waals surface area contributed by atoms with Crippen LogP contribution in [0.2, 0.25) is 0 Å². The Morgan fingerprint density at radius 1 is 1.00 bits per heavy atom. The lowest BCUT2D eigenvalue weighted by Crippen LogP contribution is -2.37. The molecule has 2 aromatic carbocycles. The molecule has 0 unspecified atom stereocenters. The molecule has 4 rings (SSSR count). The summed E-state index contributed by atoms with van der Waals surface area (Å²) in [6, 6.07) is 7.12. The summed E-state index contributed by atoms with van der Waals surface area (Å²) in [5.41, 5.74) is 1.92. The van der Waals surface area contributed by atoms with E-state index in [1.54, 1.807) is 13.0 Å². The number of fused-ring (bicyclic) bond motifs is 2. The van der Waals surface area contributed by atoms with Gasteiger partial charge >= 0.3 is 0 Å². The molecule has 0 aliphatic carbocycles. The normalized spacial score (nSPS) is 24.4. The number of ether oxygens (including phenoxy) is 2. The molecule has 2 aromatic rings. The van der Waals surface area contributed by atoms with Crippen LogP contribution in [0.1, 0.15) is 54.9 Å². The van der Waals surface area contributed by atoms with E-state index < -0.39 is 36.3 Å². The first-order valence-electron chi connectivity index (χ1n) is 10.8. The predicted molar refractivity (Wildman–Crippen MR) is 110 cm³/mol. The fraction of sp³-hybridized carbons (Fsp3) is 0.500. The third-order valence-corrected chi connectivity index (χ3v) is 6.24. The van der Waals surface area contributed by atoms with Gasteiger partial charge in [0.1, 0.15) is 35.3 Å². The third-order valence-electron chi connectivity index (χ3n) is 6.24. The maximum Gasteiger partial charge on any atom is 0.129 e. The first-order chi connectivity index (χ1) is 14.8. The van der Waals surface area contributed by atoms with Crippen LogP contribution in [0.5, 0.6) is 11.5 Å². The molecule has 0 bridgehead atoms. The molecule has 0 spiro atoms. The molecule has 0 saturated heterocycles. The number of hydrogen-bond acceptors (Lipinski definition) is 5. The first kappa shape index (κ1) is 22.0. The van der Waals surface area contributed by atoms with E-state index >= 15 is 0 Å². The number of rotatable bonds is 6. The minimum absolute atomic E-state index is 0.174. The van der Waals surface area contributed by atoms with Crippen molar-refractivity contribution in [2.75, 3.05) is 0 Å². The molecule has 0 radical (unpaired) electrons. The van der Waals surface area contributed by atoms with Gasteiger partial charge in [-0.05, 0) is 74.4 Å². The zero-order chi connectivity index (χ0) is 22.1. The zero-order valence-electron chi connectivity index (χ0n) is 17.4. The van der Waals surface area contributed by atoms with Crippen molar-refractivity contribution in [2.24, 2.45) is 0 Å². The second kappa shape index (κ2) is 9.10. The average Bonchev–Trinajstić information content (AvgIpc) is 2.74. The molecule has 2 aliphatic heterocycles. The zero-order valence-corrected chi connectivity index (χ0v) is 17.4. The van der Waals surface area contributed by atoms with Crippen LogP contribution >= 0.6 is 0 Å². The second-order valence-electron chi connectivity index (χ2n) is 8.56. The summed E-state index contributed by atoms with van der Waals surface area (Å²) >= 11 is 0. The van der Waals surface area contributed by atoms with Crippen molar-refractivity contribution >= 4 is 0 Å². The summed E-state index contributed by atoms with van der Waals surface area (Å²) in [4.78, 5) is 0. The van der Waals surface area contributed by atoms with E-state index in [0.717, 1.165) is 5.56 Å². The Morgan fingerprint density at radius 2 is 1.71 bits per heavy atom. The van der Waals surface area contributed by atoms with Gasteiger partial charge in [0, 0.05) is 18.1 Å². The number of aliphatic hydroxyl groups is 3. The summed E-state index contributed by atoms with van der Waals surface area (Å²) in [6.07, 6.45) is -0.611. The van der Waals surface area contributed by atoms with Crippen molar-refractivity contribution in [3.63, 3.8) is 0 Å². The Balaban J connectivity index is 1.27. The Kier molecular flexibility index (Phi) is 6.46. The van der Waals surface area contributed by atoms with Gasteiger partial charge < -0.3 is 24.8 Å². The molecule has 5 atom stereocenters. The van der Waals surface area contributed by atoms with Crippen molar-refractivity contribution in [2.45, 2.75) is 76.0 Å². The monoisotopic (exact) mass is 434 g/mol. The Labute approximate surface area is 180 Å². The molecular formula is C24H28F2O5. The summed E-state index contributed by atoms with van der Waals surface area (Å²) in [7, 11) is 0. The van der Waals surface area contributed by atoms with Crippen molar-refractivity contribution in [3.05, 3.63) is 58.7 Å². The lowest BCUT2D eigenvalue weighted by molar-refractivity contribution is -0.0231. The Morgan fingerprint density at radius 3 is 2.48 bits per heavy atom. The minimum atomic E-state index is -0.899. The van der Waals surface area contributed by atoms with Crippen molar-refractivity contribution in [1.29, 1.82) is 0 Å². The van der Waals surface area contributed by atoms with Gasteiger partial charge in [-0.15, -0.1) is 0 Å². The van der Waals surface area contributed by atoms with Crippen LogP contribution in [0.25, 0.3) is 0 Å². The van der Waals surface area contributed by atoms with Crippen LogP contribution < -0.4 is 9.47 Å². The molecule has 0 aromatic heterocycles. The topological polar surface area (TPSA) is 79.2 Å². The largest absolute Gasteiger partial charge is 0.487 e. The third kappa shape index (κ3) is 4.84. The van der Waals surface area contributed by atoms with E-state index in [9.17, 15) is 24.1 Å². The van der Waals surface area contributed by atoms with Crippen LogP contribution in [0.15, 0.2) is 30.3 Å². The van der Waals surface area contributed by atoms with Crippen LogP contribution in [-0.4, -0.2) is 39.7 Å². The molecule has 2 aliphatic rings. The standard InChI is InChI=1S/C24H28F2O5/c1-13-9-14-5-7-22(31-23(14)11-17(13)26)18(27)3-2-4-19(28)24-12-20(29)16-10-15(25)6-8-21(16)30-24/h6,8-11,18-20,22,24,27-29H,2-5,7,12H2,1H3/t18-,19-,20+,22-,24+/m0/s1. The Bertz CT molecular complexity index is 934. The van der Waals surface area contributed by atoms with Crippen molar-refractivity contribution < 1.29 is 33.6 Å². The van der Waals surface area contributed by atoms with Gasteiger partial charge in [0.25, 0.3) is 0 Å². The fourth-order valence-corrected chi connectivity index (χ4v) is 4.41. The SMILES string of the molecule is Cc1cc2c(cc1F)O[C@H]([C@@H](O)CCC[C@H](O)[C@H]1C[C@@H](O)c3cc(F)ccc3O1)CC2. The highest BCUT2D eigenvalue weighted by Crippen LogP contribution is 2.37. The van der Waals surface area contributed by atoms with E-state index in [1.807, 2.05) is 0 Å². The lowest BCUT2D eigenvalue weighted by atomic mass is 9.92.